The molecule has 1 aromatic carbocycles. The molecule has 0 saturated heterocycles. The number of nitrogens with zero attached hydrogens (tertiary/aromatic N) is 2. The molecule has 0 saturated carbocycles. The molecule has 1 aliphatic carbocycles. The van der Waals surface area contributed by atoms with Gasteiger partial charge in [0.2, 0.25) is 5.89 Å². The van der Waals surface area contributed by atoms with Crippen LogP contribution in [0.1, 0.15) is 12.7 Å². The number of hydrogen-bond acceptors (Lipinski definition) is 4. The van der Waals surface area contributed by atoms with E-state index in [0.717, 1.165) is 40.5 Å². The van der Waals surface area contributed by atoms with E-state index in [1.165, 1.54) is 0 Å². The van der Waals surface area contributed by atoms with Crippen LogP contribution in [0.2, 0.25) is 0 Å². The third-order valence-corrected chi connectivity index (χ3v) is 4.01. The quantitative estimate of drug-likeness (QED) is 0.605. The minimum atomic E-state index is 0.528. The van der Waals surface area contributed by atoms with Crippen molar-refractivity contribution in [2.24, 2.45) is 0 Å². The lowest BCUT2D eigenvalue weighted by molar-refractivity contribution is 0.415. The van der Waals surface area contributed by atoms with E-state index in [1.807, 2.05) is 42.5 Å². The van der Waals surface area contributed by atoms with Gasteiger partial charge in [-0.2, -0.15) is 0 Å². The van der Waals surface area contributed by atoms with Gasteiger partial charge in [0.25, 0.3) is 0 Å². The molecule has 5 heteroatoms. The molecule has 5 nitrogen and oxygen atoms in total. The number of methoxy groups -OCH3 is 1. The van der Waals surface area contributed by atoms with Gasteiger partial charge < -0.3 is 14.1 Å². The first kappa shape index (κ1) is 14.5. The second kappa shape index (κ2) is 5.85. The number of aromatic amines is 1. The first-order valence-electron chi connectivity index (χ1n) is 7.86. The van der Waals surface area contributed by atoms with Gasteiger partial charge in [0.1, 0.15) is 17.3 Å². The molecular formula is C19H17N3O2. The molecule has 1 aromatic heterocycles. The lowest BCUT2D eigenvalue weighted by atomic mass is 10.2. The summed E-state index contributed by atoms with van der Waals surface area (Å²) in [7, 11) is 1.65. The molecule has 24 heavy (non-hydrogen) atoms. The van der Waals surface area contributed by atoms with Crippen LogP contribution in [0.5, 0.6) is 5.75 Å². The fourth-order valence-corrected chi connectivity index (χ4v) is 2.72. The summed E-state index contributed by atoms with van der Waals surface area (Å²) in [4.78, 5) is 12.4. The number of benzene rings is 1. The molecule has 1 N–H and O–H groups in total. The van der Waals surface area contributed by atoms with Gasteiger partial charge in [-0.05, 0) is 30.3 Å². The van der Waals surface area contributed by atoms with Gasteiger partial charge in [0, 0.05) is 23.2 Å². The van der Waals surface area contributed by atoms with Crippen LogP contribution in [-0.4, -0.2) is 22.1 Å². The predicted molar refractivity (Wildman–Crippen MR) is 92.1 cm³/mol. The summed E-state index contributed by atoms with van der Waals surface area (Å²) in [6, 6.07) is 13.8. The topological polar surface area (TPSA) is 63.9 Å². The lowest BCUT2D eigenvalue weighted by Gasteiger charge is -2.08. The van der Waals surface area contributed by atoms with Gasteiger partial charge >= 0.3 is 0 Å². The van der Waals surface area contributed by atoms with Crippen LogP contribution in [-0.2, 0) is 6.42 Å². The zero-order chi connectivity index (χ0) is 16.5. The third kappa shape index (κ3) is 2.44. The molecule has 1 aliphatic heterocycles. The monoisotopic (exact) mass is 319 g/mol. The average molecular weight is 319 g/mol. The summed E-state index contributed by atoms with van der Waals surface area (Å²) < 4.78 is 11.2. The molecule has 0 fully saturated rings. The number of oxazole rings is 1. The van der Waals surface area contributed by atoms with Crippen molar-refractivity contribution in [3.63, 3.8) is 0 Å². The van der Waals surface area contributed by atoms with Crippen molar-refractivity contribution >= 4 is 0 Å². The fourth-order valence-electron chi connectivity index (χ4n) is 2.72. The Kier molecular flexibility index (Phi) is 3.54. The molecule has 0 atom stereocenters. The molecule has 0 unspecified atom stereocenters. The van der Waals surface area contributed by atoms with Crippen LogP contribution in [0.25, 0.3) is 34.2 Å². The molecule has 2 aliphatic rings. The van der Waals surface area contributed by atoms with Crippen molar-refractivity contribution in [2.45, 2.75) is 13.3 Å². The van der Waals surface area contributed by atoms with Crippen LogP contribution in [0.15, 0.2) is 53.1 Å². The van der Waals surface area contributed by atoms with Gasteiger partial charge in [0.05, 0.1) is 13.3 Å². The van der Waals surface area contributed by atoms with E-state index < -0.39 is 0 Å². The Bertz CT molecular complexity index is 938. The summed E-state index contributed by atoms with van der Waals surface area (Å²) in [6.07, 6.45) is 2.55. The zero-order valence-electron chi connectivity index (χ0n) is 13.5. The van der Waals surface area contributed by atoms with Crippen molar-refractivity contribution in [3.05, 3.63) is 54.5 Å². The molecule has 0 spiro atoms. The number of fused-ring (bicyclic) bond motifs is 1. The molecular weight excluding hydrogens is 302 g/mol. The van der Waals surface area contributed by atoms with Gasteiger partial charge in [-0.1, -0.05) is 19.1 Å². The van der Waals surface area contributed by atoms with Crippen LogP contribution >= 0.6 is 0 Å². The number of aryl methyl sites for hydroxylation is 1. The molecule has 0 radical (unpaired) electrons. The summed E-state index contributed by atoms with van der Waals surface area (Å²) in [5.41, 5.74) is 3.77. The minimum absolute atomic E-state index is 0.528. The Morgan fingerprint density at radius 1 is 1.12 bits per heavy atom. The second-order valence-corrected chi connectivity index (χ2v) is 5.50. The van der Waals surface area contributed by atoms with Crippen molar-refractivity contribution in [2.75, 3.05) is 7.11 Å². The Hall–Kier alpha value is -3.08. The summed E-state index contributed by atoms with van der Waals surface area (Å²) in [5, 5.41) is 0. The fraction of sp³-hybridized carbons (Fsp3) is 0.158. The van der Waals surface area contributed by atoms with Gasteiger partial charge in [-0.15, -0.1) is 0 Å². The number of aromatic nitrogens is 3. The number of ether oxygens (including phenoxy) is 1. The van der Waals surface area contributed by atoms with E-state index in [1.54, 1.807) is 13.3 Å². The normalized spacial score (nSPS) is 11.1. The Labute approximate surface area is 139 Å². The van der Waals surface area contributed by atoms with Crippen molar-refractivity contribution < 1.29 is 9.15 Å². The molecule has 4 rings (SSSR count). The largest absolute Gasteiger partial charge is 0.497 e. The lowest BCUT2D eigenvalue weighted by Crippen LogP contribution is -1.99. The van der Waals surface area contributed by atoms with Gasteiger partial charge in [0.15, 0.2) is 5.76 Å². The maximum Gasteiger partial charge on any atom is 0.246 e. The molecule has 120 valence electrons. The highest BCUT2D eigenvalue weighted by atomic mass is 16.5. The van der Waals surface area contributed by atoms with E-state index in [2.05, 4.69) is 21.9 Å². The van der Waals surface area contributed by atoms with Gasteiger partial charge in [-0.25, -0.2) is 9.97 Å². The van der Waals surface area contributed by atoms with E-state index in [0.29, 0.717) is 11.7 Å². The smallest absolute Gasteiger partial charge is 0.246 e. The van der Waals surface area contributed by atoms with Crippen LogP contribution in [0.4, 0.5) is 0 Å². The number of nitrogens with one attached hydrogen (secondary N) is 1. The first-order chi connectivity index (χ1) is 11.8. The van der Waals surface area contributed by atoms with Crippen LogP contribution < -0.4 is 4.74 Å². The highest BCUT2D eigenvalue weighted by Crippen LogP contribution is 2.33. The zero-order valence-corrected chi connectivity index (χ0v) is 13.5. The van der Waals surface area contributed by atoms with E-state index >= 15 is 0 Å². The second-order valence-electron chi connectivity index (χ2n) is 5.50. The average Bonchev–Trinajstić information content (AvgIpc) is 3.30. The third-order valence-electron chi connectivity index (χ3n) is 4.01. The molecule has 2 aromatic rings. The van der Waals surface area contributed by atoms with Crippen LogP contribution in [0.3, 0.4) is 0 Å². The Morgan fingerprint density at radius 2 is 1.96 bits per heavy atom. The maximum absolute atomic E-state index is 5.98. The number of H-pyrrole nitrogens is 1. The minimum Gasteiger partial charge on any atom is -0.497 e. The van der Waals surface area contributed by atoms with E-state index in [9.17, 15) is 0 Å². The highest BCUT2D eigenvalue weighted by Gasteiger charge is 2.18. The molecule has 0 bridgehead atoms. The molecule has 0 amide bonds. The summed E-state index contributed by atoms with van der Waals surface area (Å²) in [6.45, 7) is 2.07. The van der Waals surface area contributed by atoms with Crippen LogP contribution in [0, 0.1) is 0 Å². The Morgan fingerprint density at radius 3 is 2.71 bits per heavy atom. The van der Waals surface area contributed by atoms with E-state index in [-0.39, 0.29) is 0 Å². The molecule has 2 heterocycles. The SMILES string of the molecule is CCc1nc(-c2ncc(-c3ccc(OC)cc3)o2)c2cccc-2[nH]1. The van der Waals surface area contributed by atoms with Crippen molar-refractivity contribution in [1.29, 1.82) is 0 Å². The number of hydrogen-bond donors (Lipinski definition) is 1. The maximum atomic E-state index is 5.98. The Balaban J connectivity index is 1.76. The van der Waals surface area contributed by atoms with Crippen molar-refractivity contribution in [1.82, 2.24) is 15.0 Å². The first-order valence-corrected chi connectivity index (χ1v) is 7.86. The predicted octanol–water partition coefficient (Wildman–Crippen LogP) is 4.41. The number of rotatable bonds is 4. The van der Waals surface area contributed by atoms with E-state index in [4.69, 9.17) is 9.15 Å². The highest BCUT2D eigenvalue weighted by molar-refractivity contribution is 5.77. The standard InChI is InChI=1S/C19H17N3O2/c1-3-17-21-15-6-4-5-14(15)18(22-17)19-20-11-16(24-19)12-7-9-13(23-2)10-8-12/h4-11H,3H2,1-2H3,(H,21,22). The van der Waals surface area contributed by atoms with Crippen molar-refractivity contribution in [3.8, 4) is 39.9 Å². The summed E-state index contributed by atoms with van der Waals surface area (Å²) in [5.74, 6) is 2.96. The summed E-state index contributed by atoms with van der Waals surface area (Å²) >= 11 is 0. The van der Waals surface area contributed by atoms with Gasteiger partial charge in [-0.3, -0.25) is 0 Å².